The monoisotopic (exact) mass is 493 g/mol. The Bertz CT molecular complexity index is 1080. The number of nitriles is 1. The van der Waals surface area contributed by atoms with Gasteiger partial charge in [-0.25, -0.2) is 9.59 Å². The highest BCUT2D eigenvalue weighted by molar-refractivity contribution is 5.81. The van der Waals surface area contributed by atoms with Gasteiger partial charge in [0.2, 0.25) is 0 Å². The van der Waals surface area contributed by atoms with Crippen LogP contribution in [0.15, 0.2) is 42.5 Å². The first-order valence-corrected chi connectivity index (χ1v) is 12.6. The predicted octanol–water partition coefficient (Wildman–Crippen LogP) is 5.23. The lowest BCUT2D eigenvalue weighted by Gasteiger charge is -2.36. The summed E-state index contributed by atoms with van der Waals surface area (Å²) in [4.78, 5) is 26.9. The van der Waals surface area contributed by atoms with Gasteiger partial charge in [-0.05, 0) is 74.7 Å². The highest BCUT2D eigenvalue weighted by Gasteiger charge is 2.31. The number of amides is 1. The van der Waals surface area contributed by atoms with Gasteiger partial charge < -0.3 is 24.4 Å². The van der Waals surface area contributed by atoms with Gasteiger partial charge >= 0.3 is 12.1 Å². The number of nitrogens with one attached hydrogen (secondary N) is 1. The van der Waals surface area contributed by atoms with Crippen LogP contribution in [-0.4, -0.2) is 48.9 Å². The number of rotatable bonds is 9. The number of esters is 1. The summed E-state index contributed by atoms with van der Waals surface area (Å²) >= 11 is 0. The first kappa shape index (κ1) is 26.9. The first-order valence-electron chi connectivity index (χ1n) is 12.6. The lowest BCUT2D eigenvalue weighted by atomic mass is 9.99. The fourth-order valence-corrected chi connectivity index (χ4v) is 4.34. The van der Waals surface area contributed by atoms with E-state index in [4.69, 9.17) is 19.5 Å². The molecule has 1 aliphatic rings. The summed E-state index contributed by atoms with van der Waals surface area (Å²) in [6.45, 7) is 8.81. The van der Waals surface area contributed by atoms with E-state index in [9.17, 15) is 9.59 Å². The van der Waals surface area contributed by atoms with Crippen molar-refractivity contribution < 1.29 is 23.8 Å². The number of piperidine rings is 1. The molecule has 0 aliphatic carbocycles. The third-order valence-corrected chi connectivity index (χ3v) is 6.21. The number of benzene rings is 2. The minimum atomic E-state index is -0.740. The Balaban J connectivity index is 1.81. The Morgan fingerprint density at radius 1 is 1.11 bits per heavy atom. The van der Waals surface area contributed by atoms with Gasteiger partial charge in [0.25, 0.3) is 0 Å². The smallest absolute Gasteiger partial charge is 0.409 e. The molecule has 8 nitrogen and oxygen atoms in total. The largest absolute Gasteiger partial charge is 0.490 e. The molecule has 2 aromatic rings. The summed E-state index contributed by atoms with van der Waals surface area (Å²) in [5.74, 6) is 0.291. The van der Waals surface area contributed by atoms with E-state index in [0.717, 1.165) is 17.5 Å². The fraction of sp³-hybridized carbons (Fsp3) is 0.464. The van der Waals surface area contributed by atoms with E-state index in [1.807, 2.05) is 25.1 Å². The third-order valence-electron chi connectivity index (χ3n) is 6.21. The van der Waals surface area contributed by atoms with Gasteiger partial charge in [0, 0.05) is 31.1 Å². The molecule has 8 heteroatoms. The van der Waals surface area contributed by atoms with Crippen LogP contribution in [0.2, 0.25) is 0 Å². The van der Waals surface area contributed by atoms with Crippen LogP contribution in [0.5, 0.6) is 5.75 Å². The fourth-order valence-electron chi connectivity index (χ4n) is 4.34. The Kier molecular flexibility index (Phi) is 9.57. The maximum atomic E-state index is 12.9. The molecule has 192 valence electrons. The molecule has 0 radical (unpaired) electrons. The molecule has 3 rings (SSSR count). The average molecular weight is 494 g/mol. The normalized spacial score (nSPS) is 18.0. The van der Waals surface area contributed by atoms with Gasteiger partial charge in [0.15, 0.2) is 6.04 Å². The molecule has 1 amide bonds. The first-order chi connectivity index (χ1) is 17.4. The molecule has 1 fully saturated rings. The highest BCUT2D eigenvalue weighted by atomic mass is 16.6. The number of hydrogen-bond donors (Lipinski definition) is 1. The van der Waals surface area contributed by atoms with E-state index in [0.29, 0.717) is 43.0 Å². The van der Waals surface area contributed by atoms with Gasteiger partial charge in [-0.3, -0.25) is 0 Å². The third kappa shape index (κ3) is 6.91. The van der Waals surface area contributed by atoms with Crippen LogP contribution in [-0.2, 0) is 20.7 Å². The summed E-state index contributed by atoms with van der Waals surface area (Å²) in [6.07, 6.45) is 1.81. The molecule has 0 spiro atoms. The summed E-state index contributed by atoms with van der Waals surface area (Å²) in [7, 11) is 0. The zero-order valence-corrected chi connectivity index (χ0v) is 21.5. The number of hydrogen-bond acceptors (Lipinski definition) is 7. The van der Waals surface area contributed by atoms with Crippen LogP contribution in [0.3, 0.4) is 0 Å². The van der Waals surface area contributed by atoms with Crippen molar-refractivity contribution in [3.05, 3.63) is 59.2 Å². The van der Waals surface area contributed by atoms with Crippen molar-refractivity contribution in [3.8, 4) is 11.8 Å². The Morgan fingerprint density at radius 2 is 1.83 bits per heavy atom. The number of likely N-dealkylation sites (tertiary alicyclic amines) is 1. The van der Waals surface area contributed by atoms with E-state index in [-0.39, 0.29) is 24.8 Å². The van der Waals surface area contributed by atoms with Gasteiger partial charge in [0.1, 0.15) is 11.9 Å². The molecule has 0 bridgehead atoms. The van der Waals surface area contributed by atoms with Crippen molar-refractivity contribution >= 4 is 17.7 Å². The maximum absolute atomic E-state index is 12.9. The quantitative estimate of drug-likeness (QED) is 0.478. The summed E-state index contributed by atoms with van der Waals surface area (Å²) in [5.41, 5.74) is 3.02. The van der Waals surface area contributed by atoms with Crippen LogP contribution in [0, 0.1) is 11.3 Å². The second kappa shape index (κ2) is 12.8. The molecule has 1 N–H and O–H groups in total. The van der Waals surface area contributed by atoms with Crippen LogP contribution in [0.1, 0.15) is 63.3 Å². The Labute approximate surface area is 213 Å². The Morgan fingerprint density at radius 3 is 2.44 bits per heavy atom. The van der Waals surface area contributed by atoms with Gasteiger partial charge in [0.05, 0.1) is 24.8 Å². The van der Waals surface area contributed by atoms with Crippen molar-refractivity contribution in [1.29, 1.82) is 5.26 Å². The van der Waals surface area contributed by atoms with Gasteiger partial charge in [-0.1, -0.05) is 13.0 Å². The standard InChI is InChI=1S/C28H35N3O5/c1-5-20-15-22(26(27(32)34-6-2)30-23-10-8-21(18-29)9-11-23)17-25(16-20)36-24-12-13-31(19(4)14-24)28(33)35-7-3/h8-11,15-17,19,24,26,30H,5-7,12-14H2,1-4H3. The molecule has 1 saturated heterocycles. The molecule has 3 unspecified atom stereocenters. The molecular weight excluding hydrogens is 458 g/mol. The van der Waals surface area contributed by atoms with E-state index in [1.165, 1.54) is 0 Å². The number of anilines is 1. The van der Waals surface area contributed by atoms with Gasteiger partial charge in [-0.15, -0.1) is 0 Å². The van der Waals surface area contributed by atoms with Crippen LogP contribution in [0.4, 0.5) is 10.5 Å². The van der Waals surface area contributed by atoms with Crippen molar-refractivity contribution in [3.63, 3.8) is 0 Å². The zero-order valence-electron chi connectivity index (χ0n) is 21.5. The van der Waals surface area contributed by atoms with E-state index >= 15 is 0 Å². The van der Waals surface area contributed by atoms with Crippen molar-refractivity contribution in [2.45, 2.75) is 65.1 Å². The van der Waals surface area contributed by atoms with E-state index in [2.05, 4.69) is 18.3 Å². The second-order valence-electron chi connectivity index (χ2n) is 8.79. The van der Waals surface area contributed by atoms with Crippen molar-refractivity contribution in [2.75, 3.05) is 25.1 Å². The minimum Gasteiger partial charge on any atom is -0.490 e. The SMILES string of the molecule is CCOC(=O)C(Nc1ccc(C#N)cc1)c1cc(CC)cc(OC2CCN(C(=O)OCC)C(C)C2)c1. The molecule has 36 heavy (non-hydrogen) atoms. The molecule has 1 heterocycles. The number of aryl methyl sites for hydroxylation is 1. The second-order valence-corrected chi connectivity index (χ2v) is 8.79. The Hall–Kier alpha value is -3.73. The van der Waals surface area contributed by atoms with Crippen LogP contribution >= 0.6 is 0 Å². The summed E-state index contributed by atoms with van der Waals surface area (Å²) < 4.78 is 16.9. The van der Waals surface area contributed by atoms with Crippen LogP contribution < -0.4 is 10.1 Å². The average Bonchev–Trinajstić information content (AvgIpc) is 2.87. The molecular formula is C28H35N3O5. The molecule has 0 aromatic heterocycles. The lowest BCUT2D eigenvalue weighted by Crippen LogP contribution is -2.47. The van der Waals surface area contributed by atoms with E-state index < -0.39 is 12.0 Å². The minimum absolute atomic E-state index is 0.00181. The summed E-state index contributed by atoms with van der Waals surface area (Å²) in [5, 5.41) is 12.3. The van der Waals surface area contributed by atoms with E-state index in [1.54, 1.807) is 43.0 Å². The highest BCUT2D eigenvalue weighted by Crippen LogP contribution is 2.30. The maximum Gasteiger partial charge on any atom is 0.409 e. The van der Waals surface area contributed by atoms with Crippen molar-refractivity contribution in [2.24, 2.45) is 0 Å². The number of ether oxygens (including phenoxy) is 3. The number of nitrogens with zero attached hydrogens (tertiary/aromatic N) is 2. The lowest BCUT2D eigenvalue weighted by molar-refractivity contribution is -0.144. The summed E-state index contributed by atoms with van der Waals surface area (Å²) in [6, 6.07) is 14.1. The molecule has 1 aliphatic heterocycles. The topological polar surface area (TPSA) is 101 Å². The molecule has 3 atom stereocenters. The molecule has 2 aromatic carbocycles. The van der Waals surface area contributed by atoms with Gasteiger partial charge in [-0.2, -0.15) is 5.26 Å². The molecule has 0 saturated carbocycles. The van der Waals surface area contributed by atoms with Crippen LogP contribution in [0.25, 0.3) is 0 Å². The zero-order chi connectivity index (χ0) is 26.1. The van der Waals surface area contributed by atoms with Crippen molar-refractivity contribution in [1.82, 2.24) is 4.90 Å². The number of carbonyl (C=O) groups excluding carboxylic acids is 2. The predicted molar refractivity (Wildman–Crippen MR) is 137 cm³/mol. The number of carbonyl (C=O) groups is 2.